The van der Waals surface area contributed by atoms with E-state index in [2.05, 4.69) is 0 Å². The first-order chi connectivity index (χ1) is 7.08. The van der Waals surface area contributed by atoms with E-state index in [4.69, 9.17) is 5.11 Å². The second-order valence-corrected chi connectivity index (χ2v) is 2.69. The molecule has 0 saturated heterocycles. The molecule has 0 unspecified atom stereocenters. The third-order valence-electron chi connectivity index (χ3n) is 1.57. The molecule has 0 radical (unpaired) electrons. The Balaban J connectivity index is 2.72. The molecule has 4 nitrogen and oxygen atoms in total. The number of rotatable bonds is 3. The lowest BCUT2D eigenvalue weighted by Gasteiger charge is -1.99. The van der Waals surface area contributed by atoms with Crippen molar-refractivity contribution < 1.29 is 19.1 Å². The summed E-state index contributed by atoms with van der Waals surface area (Å²) in [5, 5.41) is 10.3. The highest BCUT2D eigenvalue weighted by atomic mass is 19.1. The number of halogens is 1. The van der Waals surface area contributed by atoms with E-state index in [0.29, 0.717) is 11.3 Å². The highest BCUT2D eigenvalue weighted by Gasteiger charge is 1.97. The molecule has 0 spiro atoms. The van der Waals surface area contributed by atoms with Gasteiger partial charge in [-0.2, -0.15) is 0 Å². The molecular weight excluding hydrogens is 201 g/mol. The molecular formula is C10H8FNO3. The summed E-state index contributed by atoms with van der Waals surface area (Å²) in [5.74, 6) is -1.05. The summed E-state index contributed by atoms with van der Waals surface area (Å²) in [4.78, 5) is 20.2. The van der Waals surface area contributed by atoms with E-state index < -0.39 is 12.1 Å². The van der Waals surface area contributed by atoms with Crippen molar-refractivity contribution in [2.75, 3.05) is 5.32 Å². The van der Waals surface area contributed by atoms with Crippen molar-refractivity contribution in [2.24, 2.45) is 0 Å². The summed E-state index contributed by atoms with van der Waals surface area (Å²) in [6.07, 6.45) is 0.746. The number of nitrogens with one attached hydrogen (secondary N) is 1. The quantitative estimate of drug-likeness (QED) is 0.456. The van der Waals surface area contributed by atoms with Crippen LogP contribution in [0.15, 0.2) is 30.3 Å². The van der Waals surface area contributed by atoms with Crippen molar-refractivity contribution in [1.29, 1.82) is 0 Å². The lowest BCUT2D eigenvalue weighted by Crippen LogP contribution is -2.01. The molecule has 0 aromatic heterocycles. The Morgan fingerprint density at radius 3 is 2.33 bits per heavy atom. The number of carbonyl (C=O) groups is 2. The van der Waals surface area contributed by atoms with Crippen molar-refractivity contribution in [2.45, 2.75) is 0 Å². The topological polar surface area (TPSA) is 66.4 Å². The molecule has 1 aromatic rings. The van der Waals surface area contributed by atoms with Crippen molar-refractivity contribution in [3.63, 3.8) is 0 Å². The molecule has 15 heavy (non-hydrogen) atoms. The third-order valence-corrected chi connectivity index (χ3v) is 1.57. The van der Waals surface area contributed by atoms with Gasteiger partial charge in [0, 0.05) is 11.8 Å². The van der Waals surface area contributed by atoms with Crippen LogP contribution in [-0.4, -0.2) is 17.2 Å². The van der Waals surface area contributed by atoms with Crippen molar-refractivity contribution >= 4 is 23.9 Å². The lowest BCUT2D eigenvalue weighted by atomic mass is 10.2. The zero-order valence-corrected chi connectivity index (χ0v) is 7.61. The number of benzene rings is 1. The molecule has 1 aromatic carbocycles. The van der Waals surface area contributed by atoms with Crippen molar-refractivity contribution in [1.82, 2.24) is 0 Å². The van der Waals surface area contributed by atoms with Gasteiger partial charge in [0.1, 0.15) is 0 Å². The molecule has 0 aliphatic carbocycles. The fourth-order valence-electron chi connectivity index (χ4n) is 0.959. The van der Waals surface area contributed by atoms with Crippen LogP contribution in [0.5, 0.6) is 0 Å². The monoisotopic (exact) mass is 209 g/mol. The highest BCUT2D eigenvalue weighted by molar-refractivity contribution is 5.86. The van der Waals surface area contributed by atoms with Crippen molar-refractivity contribution in [3.05, 3.63) is 35.9 Å². The molecule has 0 heterocycles. The Morgan fingerprint density at radius 2 is 1.87 bits per heavy atom. The van der Waals surface area contributed by atoms with E-state index in [1.54, 1.807) is 12.1 Å². The van der Waals surface area contributed by atoms with Crippen LogP contribution in [0.3, 0.4) is 0 Å². The number of carbonyl (C=O) groups excluding carboxylic acids is 1. The van der Waals surface area contributed by atoms with Gasteiger partial charge in [-0.3, -0.25) is 5.32 Å². The van der Waals surface area contributed by atoms with E-state index in [1.165, 1.54) is 18.2 Å². The van der Waals surface area contributed by atoms with E-state index in [-0.39, 0.29) is 0 Å². The molecule has 1 amide bonds. The van der Waals surface area contributed by atoms with Gasteiger partial charge >= 0.3 is 12.1 Å². The number of anilines is 1. The maximum absolute atomic E-state index is 11.9. The van der Waals surface area contributed by atoms with Gasteiger partial charge in [0.25, 0.3) is 0 Å². The van der Waals surface area contributed by atoms with E-state index in [9.17, 15) is 14.0 Å². The first-order valence-corrected chi connectivity index (χ1v) is 4.05. The number of carboxylic acid groups (broad SMARTS) is 1. The van der Waals surface area contributed by atoms with E-state index in [0.717, 1.165) is 6.08 Å². The van der Waals surface area contributed by atoms with Gasteiger partial charge in [-0.25, -0.2) is 9.59 Å². The minimum atomic E-state index is -1.64. The number of amides is 1. The Bertz CT molecular complexity index is 398. The van der Waals surface area contributed by atoms with Crippen LogP contribution in [0.2, 0.25) is 0 Å². The maximum Gasteiger partial charge on any atom is 0.401 e. The third kappa shape index (κ3) is 4.04. The summed E-state index contributed by atoms with van der Waals surface area (Å²) in [6, 6.07) is 6.06. The van der Waals surface area contributed by atoms with Crippen LogP contribution in [0, 0.1) is 0 Å². The molecule has 78 valence electrons. The second kappa shape index (κ2) is 4.90. The minimum Gasteiger partial charge on any atom is -0.478 e. The van der Waals surface area contributed by atoms with Crippen LogP contribution in [0.4, 0.5) is 14.9 Å². The average Bonchev–Trinajstić information content (AvgIpc) is 2.16. The van der Waals surface area contributed by atoms with Gasteiger partial charge < -0.3 is 5.11 Å². The molecule has 0 aliphatic heterocycles. The number of hydrogen-bond acceptors (Lipinski definition) is 2. The van der Waals surface area contributed by atoms with Crippen LogP contribution < -0.4 is 5.32 Å². The zero-order chi connectivity index (χ0) is 11.3. The number of aliphatic carboxylic acids is 1. The van der Waals surface area contributed by atoms with E-state index >= 15 is 0 Å². The van der Waals surface area contributed by atoms with Gasteiger partial charge in [-0.15, -0.1) is 4.39 Å². The van der Waals surface area contributed by atoms with Crippen LogP contribution in [0.25, 0.3) is 6.08 Å². The van der Waals surface area contributed by atoms with E-state index in [1.807, 2.05) is 5.32 Å². The molecule has 0 aliphatic rings. The zero-order valence-electron chi connectivity index (χ0n) is 7.61. The van der Waals surface area contributed by atoms with Crippen LogP contribution in [0.1, 0.15) is 5.56 Å². The largest absolute Gasteiger partial charge is 0.478 e. The predicted molar refractivity (Wildman–Crippen MR) is 53.2 cm³/mol. The highest BCUT2D eigenvalue weighted by Crippen LogP contribution is 2.10. The maximum atomic E-state index is 11.9. The standard InChI is InChI=1S/C10H8FNO3/c11-10(15)12-8-4-1-7(2-5-8)3-6-9(13)14/h1-6H,(H,12,15)(H,13,14). The van der Waals surface area contributed by atoms with Gasteiger partial charge in [0.15, 0.2) is 0 Å². The van der Waals surface area contributed by atoms with Gasteiger partial charge in [-0.05, 0) is 23.8 Å². The Morgan fingerprint density at radius 1 is 1.27 bits per heavy atom. The van der Waals surface area contributed by atoms with Crippen LogP contribution in [-0.2, 0) is 4.79 Å². The Kier molecular flexibility index (Phi) is 3.56. The number of carboxylic acids is 1. The summed E-state index contributed by atoms with van der Waals surface area (Å²) in [7, 11) is 0. The molecule has 1 rings (SSSR count). The number of hydrogen-bond donors (Lipinski definition) is 2. The molecule has 0 bridgehead atoms. The molecule has 5 heteroatoms. The van der Waals surface area contributed by atoms with Gasteiger partial charge in [-0.1, -0.05) is 12.1 Å². The normalized spacial score (nSPS) is 10.2. The summed E-state index contributed by atoms with van der Waals surface area (Å²) < 4.78 is 11.9. The van der Waals surface area contributed by atoms with Crippen LogP contribution >= 0.6 is 0 Å². The summed E-state index contributed by atoms with van der Waals surface area (Å²) >= 11 is 0. The Hall–Kier alpha value is -2.17. The smallest absolute Gasteiger partial charge is 0.401 e. The second-order valence-electron chi connectivity index (χ2n) is 2.69. The fourth-order valence-corrected chi connectivity index (χ4v) is 0.959. The molecule has 0 atom stereocenters. The average molecular weight is 209 g/mol. The first kappa shape index (κ1) is 10.9. The molecule has 0 fully saturated rings. The van der Waals surface area contributed by atoms with Crippen molar-refractivity contribution in [3.8, 4) is 0 Å². The SMILES string of the molecule is O=C(O)C=Cc1ccc(NC(=O)F)cc1. The summed E-state index contributed by atoms with van der Waals surface area (Å²) in [6.45, 7) is 0. The lowest BCUT2D eigenvalue weighted by molar-refractivity contribution is -0.131. The van der Waals surface area contributed by atoms with Gasteiger partial charge in [0.2, 0.25) is 0 Å². The molecule has 2 N–H and O–H groups in total. The summed E-state index contributed by atoms with van der Waals surface area (Å²) in [5.41, 5.74) is 0.962. The fraction of sp³-hybridized carbons (Fsp3) is 0. The predicted octanol–water partition coefficient (Wildman–Crippen LogP) is 2.29. The minimum absolute atomic E-state index is 0.315. The molecule has 0 saturated carbocycles. The Labute approximate surface area is 85.0 Å². The van der Waals surface area contributed by atoms with Gasteiger partial charge in [0.05, 0.1) is 0 Å². The first-order valence-electron chi connectivity index (χ1n) is 4.05.